The minimum Gasteiger partial charge on any atom is -0.484 e. The number of hydrogen-bond donors (Lipinski definition) is 1. The number of rotatable bonds is 5. The zero-order valence-electron chi connectivity index (χ0n) is 14.2. The molecule has 0 spiro atoms. The Labute approximate surface area is 153 Å². The third kappa shape index (κ3) is 5.11. The molecule has 3 rings (SSSR count). The van der Waals surface area contributed by atoms with Crippen LogP contribution in [0, 0.1) is 0 Å². The minimum absolute atomic E-state index is 0.0550. The second-order valence-corrected chi connectivity index (χ2v) is 6.57. The first-order valence-electron chi connectivity index (χ1n) is 8.32. The lowest BCUT2D eigenvalue weighted by molar-refractivity contribution is -0.118. The molecule has 1 heterocycles. The smallest absolute Gasteiger partial charge is 0.262 e. The van der Waals surface area contributed by atoms with Gasteiger partial charge < -0.3 is 19.9 Å². The average molecular weight is 360 g/mol. The number of ether oxygens (including phenoxy) is 1. The SMILES string of the molecule is CN1CCN(c2ccc(NC(=O)COc3cccc(Cl)c3)cc2)CC1. The number of carbonyl (C=O) groups is 1. The fraction of sp³-hybridized carbons (Fsp3) is 0.316. The molecule has 0 aliphatic carbocycles. The summed E-state index contributed by atoms with van der Waals surface area (Å²) in [6.45, 7) is 4.13. The van der Waals surface area contributed by atoms with Crippen molar-refractivity contribution in [3.05, 3.63) is 53.6 Å². The number of anilines is 2. The fourth-order valence-electron chi connectivity index (χ4n) is 2.72. The van der Waals surface area contributed by atoms with E-state index in [1.165, 1.54) is 5.69 Å². The molecule has 1 aliphatic rings. The van der Waals surface area contributed by atoms with Crippen LogP contribution in [-0.4, -0.2) is 50.6 Å². The molecule has 1 saturated heterocycles. The van der Waals surface area contributed by atoms with Crippen molar-refractivity contribution in [2.45, 2.75) is 0 Å². The molecule has 25 heavy (non-hydrogen) atoms. The van der Waals surface area contributed by atoms with Gasteiger partial charge in [0.25, 0.3) is 5.91 Å². The molecule has 5 nitrogen and oxygen atoms in total. The van der Waals surface area contributed by atoms with E-state index < -0.39 is 0 Å². The number of likely N-dealkylation sites (N-methyl/N-ethyl adjacent to an activating group) is 1. The highest BCUT2D eigenvalue weighted by molar-refractivity contribution is 6.30. The molecule has 2 aromatic rings. The maximum atomic E-state index is 12.0. The monoisotopic (exact) mass is 359 g/mol. The normalized spacial score (nSPS) is 15.0. The lowest BCUT2D eigenvalue weighted by atomic mass is 10.2. The first-order chi connectivity index (χ1) is 12.1. The van der Waals surface area contributed by atoms with Crippen LogP contribution in [-0.2, 0) is 4.79 Å². The van der Waals surface area contributed by atoms with Gasteiger partial charge in [-0.3, -0.25) is 4.79 Å². The molecule has 1 amide bonds. The van der Waals surface area contributed by atoms with Crippen LogP contribution < -0.4 is 15.0 Å². The van der Waals surface area contributed by atoms with Gasteiger partial charge in [-0.2, -0.15) is 0 Å². The highest BCUT2D eigenvalue weighted by Crippen LogP contribution is 2.20. The molecule has 1 aliphatic heterocycles. The van der Waals surface area contributed by atoms with Crippen LogP contribution in [0.5, 0.6) is 5.75 Å². The lowest BCUT2D eigenvalue weighted by Crippen LogP contribution is -2.44. The number of halogens is 1. The van der Waals surface area contributed by atoms with Crippen molar-refractivity contribution in [1.82, 2.24) is 4.90 Å². The van der Waals surface area contributed by atoms with E-state index >= 15 is 0 Å². The molecule has 0 unspecified atom stereocenters. The Morgan fingerprint density at radius 1 is 1.12 bits per heavy atom. The van der Waals surface area contributed by atoms with Crippen LogP contribution in [0.3, 0.4) is 0 Å². The molecule has 1 fully saturated rings. The largest absolute Gasteiger partial charge is 0.484 e. The van der Waals surface area contributed by atoms with Gasteiger partial charge in [0.15, 0.2) is 6.61 Å². The molecular weight excluding hydrogens is 338 g/mol. The van der Waals surface area contributed by atoms with E-state index in [-0.39, 0.29) is 12.5 Å². The zero-order chi connectivity index (χ0) is 17.6. The number of benzene rings is 2. The molecule has 0 atom stereocenters. The summed E-state index contributed by atoms with van der Waals surface area (Å²) >= 11 is 5.89. The van der Waals surface area contributed by atoms with E-state index in [0.29, 0.717) is 10.8 Å². The molecule has 0 saturated carbocycles. The number of nitrogens with one attached hydrogen (secondary N) is 1. The third-order valence-electron chi connectivity index (χ3n) is 4.19. The van der Waals surface area contributed by atoms with Gasteiger partial charge in [-0.15, -0.1) is 0 Å². The number of hydrogen-bond acceptors (Lipinski definition) is 4. The summed E-state index contributed by atoms with van der Waals surface area (Å²) in [6.07, 6.45) is 0. The van der Waals surface area contributed by atoms with E-state index in [4.69, 9.17) is 16.3 Å². The van der Waals surface area contributed by atoms with Crippen molar-refractivity contribution in [3.63, 3.8) is 0 Å². The second-order valence-electron chi connectivity index (χ2n) is 6.13. The quantitative estimate of drug-likeness (QED) is 0.891. The number of amides is 1. The van der Waals surface area contributed by atoms with E-state index in [0.717, 1.165) is 31.9 Å². The molecule has 0 radical (unpaired) electrons. The minimum atomic E-state index is -0.202. The summed E-state index contributed by atoms with van der Waals surface area (Å²) in [6, 6.07) is 14.9. The Bertz CT molecular complexity index is 713. The van der Waals surface area contributed by atoms with Crippen LogP contribution in [0.25, 0.3) is 0 Å². The highest BCUT2D eigenvalue weighted by atomic mass is 35.5. The predicted molar refractivity (Wildman–Crippen MR) is 102 cm³/mol. The van der Waals surface area contributed by atoms with Gasteiger partial charge in [0.05, 0.1) is 0 Å². The Morgan fingerprint density at radius 2 is 1.84 bits per heavy atom. The zero-order valence-corrected chi connectivity index (χ0v) is 15.0. The van der Waals surface area contributed by atoms with Crippen LogP contribution in [0.15, 0.2) is 48.5 Å². The van der Waals surface area contributed by atoms with E-state index in [1.54, 1.807) is 24.3 Å². The average Bonchev–Trinajstić information content (AvgIpc) is 2.62. The molecule has 2 aromatic carbocycles. The Hall–Kier alpha value is -2.24. The van der Waals surface area contributed by atoms with Crippen molar-refractivity contribution >= 4 is 28.9 Å². The van der Waals surface area contributed by atoms with Gasteiger partial charge in [0.1, 0.15) is 5.75 Å². The van der Waals surface area contributed by atoms with Crippen molar-refractivity contribution in [2.24, 2.45) is 0 Å². The Morgan fingerprint density at radius 3 is 2.52 bits per heavy atom. The Kier molecular flexibility index (Phi) is 5.79. The molecule has 132 valence electrons. The predicted octanol–water partition coefficient (Wildman–Crippen LogP) is 3.11. The summed E-state index contributed by atoms with van der Waals surface area (Å²) in [4.78, 5) is 16.7. The molecular formula is C19H22ClN3O2. The van der Waals surface area contributed by atoms with Crippen molar-refractivity contribution in [1.29, 1.82) is 0 Å². The molecule has 1 N–H and O–H groups in total. The highest BCUT2D eigenvalue weighted by Gasteiger charge is 2.14. The van der Waals surface area contributed by atoms with Crippen molar-refractivity contribution in [3.8, 4) is 5.75 Å². The second kappa shape index (κ2) is 8.23. The summed E-state index contributed by atoms with van der Waals surface area (Å²) < 4.78 is 5.44. The summed E-state index contributed by atoms with van der Waals surface area (Å²) in [7, 11) is 2.14. The lowest BCUT2D eigenvalue weighted by Gasteiger charge is -2.34. The van der Waals surface area contributed by atoms with Gasteiger partial charge in [-0.1, -0.05) is 17.7 Å². The summed E-state index contributed by atoms with van der Waals surface area (Å²) in [5, 5.41) is 3.42. The van der Waals surface area contributed by atoms with Gasteiger partial charge in [0, 0.05) is 42.6 Å². The topological polar surface area (TPSA) is 44.8 Å². The first kappa shape index (κ1) is 17.6. The van der Waals surface area contributed by atoms with Crippen LogP contribution in [0.2, 0.25) is 5.02 Å². The summed E-state index contributed by atoms with van der Waals surface area (Å²) in [5.74, 6) is 0.375. The van der Waals surface area contributed by atoms with Crippen LogP contribution >= 0.6 is 11.6 Å². The maximum Gasteiger partial charge on any atom is 0.262 e. The Balaban J connectivity index is 1.50. The molecule has 0 aromatic heterocycles. The molecule has 0 bridgehead atoms. The van der Waals surface area contributed by atoms with Gasteiger partial charge in [-0.05, 0) is 49.5 Å². The first-order valence-corrected chi connectivity index (χ1v) is 8.70. The van der Waals surface area contributed by atoms with Crippen molar-refractivity contribution in [2.75, 3.05) is 50.1 Å². The van der Waals surface area contributed by atoms with Crippen LogP contribution in [0.1, 0.15) is 0 Å². The third-order valence-corrected chi connectivity index (χ3v) is 4.42. The van der Waals surface area contributed by atoms with E-state index in [1.807, 2.05) is 24.3 Å². The van der Waals surface area contributed by atoms with Gasteiger partial charge >= 0.3 is 0 Å². The number of piperazine rings is 1. The summed E-state index contributed by atoms with van der Waals surface area (Å²) in [5.41, 5.74) is 1.94. The van der Waals surface area contributed by atoms with Crippen molar-refractivity contribution < 1.29 is 9.53 Å². The fourth-order valence-corrected chi connectivity index (χ4v) is 2.90. The van der Waals surface area contributed by atoms with E-state index in [2.05, 4.69) is 22.2 Å². The number of carbonyl (C=O) groups excluding carboxylic acids is 1. The van der Waals surface area contributed by atoms with Gasteiger partial charge in [-0.25, -0.2) is 0 Å². The van der Waals surface area contributed by atoms with Crippen LogP contribution in [0.4, 0.5) is 11.4 Å². The number of nitrogens with zero attached hydrogens (tertiary/aromatic N) is 2. The van der Waals surface area contributed by atoms with E-state index in [9.17, 15) is 4.79 Å². The standard InChI is InChI=1S/C19H22ClN3O2/c1-22-9-11-23(12-10-22)17-7-5-16(6-8-17)21-19(24)14-25-18-4-2-3-15(20)13-18/h2-8,13H,9-12,14H2,1H3,(H,21,24). The van der Waals surface area contributed by atoms with Gasteiger partial charge in [0.2, 0.25) is 0 Å². The maximum absolute atomic E-state index is 12.0. The molecule has 6 heteroatoms.